The van der Waals surface area contributed by atoms with E-state index >= 15 is 0 Å². The number of nitro benzene ring substituents is 1. The van der Waals surface area contributed by atoms with Crippen molar-refractivity contribution in [2.45, 2.75) is 12.8 Å². The van der Waals surface area contributed by atoms with Crippen LogP contribution in [0.5, 0.6) is 0 Å². The largest absolute Gasteiger partial charge is 0.369 e. The van der Waals surface area contributed by atoms with Crippen molar-refractivity contribution in [1.29, 1.82) is 0 Å². The lowest BCUT2D eigenvalue weighted by Gasteiger charge is -2.15. The number of anilines is 1. The molecule has 1 aromatic carbocycles. The Labute approximate surface area is 122 Å². The fourth-order valence-corrected chi connectivity index (χ4v) is 2.67. The van der Waals surface area contributed by atoms with Crippen LogP contribution in [0.25, 0.3) is 10.9 Å². The zero-order valence-corrected chi connectivity index (χ0v) is 11.8. The van der Waals surface area contributed by atoms with Crippen molar-refractivity contribution in [1.82, 2.24) is 9.88 Å². The minimum absolute atomic E-state index is 0.0963. The molecule has 0 aliphatic carbocycles. The maximum absolute atomic E-state index is 10.7. The van der Waals surface area contributed by atoms with Crippen LogP contribution in [0.3, 0.4) is 0 Å². The zero-order valence-electron chi connectivity index (χ0n) is 11.8. The molecule has 0 atom stereocenters. The maximum atomic E-state index is 10.7. The number of aromatic nitrogens is 1. The quantitative estimate of drug-likeness (QED) is 0.676. The maximum Gasteiger partial charge on any atom is 0.270 e. The number of nitro groups is 1. The predicted molar refractivity (Wildman–Crippen MR) is 82.6 cm³/mol. The number of rotatable bonds is 5. The summed E-state index contributed by atoms with van der Waals surface area (Å²) in [6, 6.07) is 8.47. The number of hydrogen-bond donors (Lipinski definition) is 1. The smallest absolute Gasteiger partial charge is 0.270 e. The Hall–Kier alpha value is -2.21. The first-order valence-electron chi connectivity index (χ1n) is 7.24. The molecular weight excluding hydrogens is 268 g/mol. The average Bonchev–Trinajstić information content (AvgIpc) is 3.00. The summed E-state index contributed by atoms with van der Waals surface area (Å²) < 4.78 is 0. The van der Waals surface area contributed by atoms with Crippen LogP contribution in [0.2, 0.25) is 0 Å². The van der Waals surface area contributed by atoms with Crippen molar-refractivity contribution in [2.75, 3.05) is 31.5 Å². The van der Waals surface area contributed by atoms with Gasteiger partial charge in [-0.1, -0.05) is 0 Å². The van der Waals surface area contributed by atoms with Crippen LogP contribution in [0.15, 0.2) is 30.3 Å². The molecular formula is C15H18N4O2. The molecule has 1 aliphatic heterocycles. The molecule has 0 amide bonds. The van der Waals surface area contributed by atoms with Crippen LogP contribution < -0.4 is 5.32 Å². The lowest BCUT2D eigenvalue weighted by molar-refractivity contribution is -0.384. The van der Waals surface area contributed by atoms with Gasteiger partial charge in [0.25, 0.3) is 5.69 Å². The van der Waals surface area contributed by atoms with E-state index < -0.39 is 0 Å². The molecule has 0 saturated carbocycles. The number of benzene rings is 1. The van der Waals surface area contributed by atoms with Crippen LogP contribution in [0.1, 0.15) is 12.8 Å². The summed E-state index contributed by atoms with van der Waals surface area (Å²) in [7, 11) is 0. The lowest BCUT2D eigenvalue weighted by atomic mass is 10.2. The SMILES string of the molecule is O=[N+]([O-])c1ccc2nc(NCCN3CCCC3)ccc2c1. The fourth-order valence-electron chi connectivity index (χ4n) is 2.67. The average molecular weight is 286 g/mol. The summed E-state index contributed by atoms with van der Waals surface area (Å²) in [5.41, 5.74) is 0.866. The standard InChI is InChI=1S/C15H18N4O2/c20-19(21)13-4-5-14-12(11-13)3-6-15(17-14)16-7-10-18-8-1-2-9-18/h3-6,11H,1-2,7-10H2,(H,16,17). The molecule has 0 unspecified atom stereocenters. The van der Waals surface area contributed by atoms with E-state index in [1.165, 1.54) is 32.0 Å². The first-order valence-corrected chi connectivity index (χ1v) is 7.24. The summed E-state index contributed by atoms with van der Waals surface area (Å²) in [5, 5.41) is 14.8. The van der Waals surface area contributed by atoms with Gasteiger partial charge >= 0.3 is 0 Å². The van der Waals surface area contributed by atoms with Gasteiger partial charge < -0.3 is 10.2 Å². The Morgan fingerprint density at radius 2 is 2.05 bits per heavy atom. The minimum Gasteiger partial charge on any atom is -0.369 e. The Bertz CT molecular complexity index is 653. The molecule has 0 bridgehead atoms. The highest BCUT2D eigenvalue weighted by molar-refractivity contribution is 5.82. The predicted octanol–water partition coefficient (Wildman–Crippen LogP) is 2.65. The van der Waals surface area contributed by atoms with E-state index in [0.29, 0.717) is 0 Å². The van der Waals surface area contributed by atoms with Crippen molar-refractivity contribution in [3.8, 4) is 0 Å². The molecule has 2 heterocycles. The summed E-state index contributed by atoms with van der Waals surface area (Å²) in [6.07, 6.45) is 2.60. The molecule has 1 N–H and O–H groups in total. The van der Waals surface area contributed by atoms with Gasteiger partial charge in [-0.2, -0.15) is 0 Å². The molecule has 6 nitrogen and oxygen atoms in total. The Balaban J connectivity index is 1.66. The summed E-state index contributed by atoms with van der Waals surface area (Å²) >= 11 is 0. The summed E-state index contributed by atoms with van der Waals surface area (Å²) in [5.74, 6) is 0.815. The van der Waals surface area contributed by atoms with E-state index in [1.54, 1.807) is 12.1 Å². The van der Waals surface area contributed by atoms with Gasteiger partial charge in [0.05, 0.1) is 10.4 Å². The van der Waals surface area contributed by atoms with Crippen molar-refractivity contribution in [3.05, 3.63) is 40.4 Å². The van der Waals surface area contributed by atoms with Gasteiger partial charge in [0.2, 0.25) is 0 Å². The molecule has 0 spiro atoms. The van der Waals surface area contributed by atoms with E-state index in [-0.39, 0.29) is 10.6 Å². The van der Waals surface area contributed by atoms with Crippen LogP contribution >= 0.6 is 0 Å². The van der Waals surface area contributed by atoms with Gasteiger partial charge in [-0.05, 0) is 44.1 Å². The molecule has 21 heavy (non-hydrogen) atoms. The number of fused-ring (bicyclic) bond motifs is 1. The highest BCUT2D eigenvalue weighted by Crippen LogP contribution is 2.21. The highest BCUT2D eigenvalue weighted by Gasteiger charge is 2.10. The molecule has 2 aromatic rings. The Kier molecular flexibility index (Phi) is 3.96. The van der Waals surface area contributed by atoms with Crippen LogP contribution in [-0.4, -0.2) is 41.0 Å². The topological polar surface area (TPSA) is 71.3 Å². The summed E-state index contributed by atoms with van der Waals surface area (Å²) in [4.78, 5) is 17.3. The first kappa shape index (κ1) is 13.8. The van der Waals surface area contributed by atoms with Gasteiger partial charge in [-0.3, -0.25) is 10.1 Å². The fraction of sp³-hybridized carbons (Fsp3) is 0.400. The monoisotopic (exact) mass is 286 g/mol. The van der Waals surface area contributed by atoms with Gasteiger partial charge in [-0.15, -0.1) is 0 Å². The van der Waals surface area contributed by atoms with Crippen molar-refractivity contribution < 1.29 is 4.92 Å². The van der Waals surface area contributed by atoms with Gasteiger partial charge in [0.15, 0.2) is 0 Å². The number of likely N-dealkylation sites (tertiary alicyclic amines) is 1. The molecule has 1 aliphatic rings. The van der Waals surface area contributed by atoms with E-state index in [4.69, 9.17) is 0 Å². The molecule has 1 fully saturated rings. The van der Waals surface area contributed by atoms with Crippen LogP contribution in [0.4, 0.5) is 11.5 Å². The first-order chi connectivity index (χ1) is 10.2. The molecule has 0 radical (unpaired) electrons. The number of nitrogens with zero attached hydrogens (tertiary/aromatic N) is 3. The third kappa shape index (κ3) is 3.28. The number of hydrogen-bond acceptors (Lipinski definition) is 5. The number of pyridine rings is 1. The van der Waals surface area contributed by atoms with Crippen molar-refractivity contribution >= 4 is 22.4 Å². The van der Waals surface area contributed by atoms with E-state index in [9.17, 15) is 10.1 Å². The third-order valence-electron chi connectivity index (χ3n) is 3.82. The number of non-ortho nitro benzene ring substituents is 1. The van der Waals surface area contributed by atoms with Gasteiger partial charge in [0, 0.05) is 30.6 Å². The molecule has 6 heteroatoms. The third-order valence-corrected chi connectivity index (χ3v) is 3.82. The molecule has 1 saturated heterocycles. The zero-order chi connectivity index (χ0) is 14.7. The van der Waals surface area contributed by atoms with Crippen LogP contribution in [-0.2, 0) is 0 Å². The number of nitrogens with one attached hydrogen (secondary N) is 1. The van der Waals surface area contributed by atoms with Crippen molar-refractivity contribution in [3.63, 3.8) is 0 Å². The molecule has 110 valence electrons. The normalized spacial score (nSPS) is 15.4. The van der Waals surface area contributed by atoms with Crippen LogP contribution in [0, 0.1) is 10.1 Å². The second-order valence-corrected chi connectivity index (χ2v) is 5.31. The van der Waals surface area contributed by atoms with E-state index in [2.05, 4.69) is 15.2 Å². The van der Waals surface area contributed by atoms with E-state index in [1.807, 2.05) is 12.1 Å². The second-order valence-electron chi connectivity index (χ2n) is 5.31. The lowest BCUT2D eigenvalue weighted by Crippen LogP contribution is -2.26. The van der Waals surface area contributed by atoms with Crippen molar-refractivity contribution in [2.24, 2.45) is 0 Å². The minimum atomic E-state index is -0.387. The van der Waals surface area contributed by atoms with Gasteiger partial charge in [-0.25, -0.2) is 4.98 Å². The highest BCUT2D eigenvalue weighted by atomic mass is 16.6. The van der Waals surface area contributed by atoms with E-state index in [0.717, 1.165) is 29.8 Å². The molecule has 3 rings (SSSR count). The molecule has 1 aromatic heterocycles. The Morgan fingerprint density at radius 3 is 2.81 bits per heavy atom. The summed E-state index contributed by atoms with van der Waals surface area (Å²) in [6.45, 7) is 4.28. The second kappa shape index (κ2) is 6.05. The Morgan fingerprint density at radius 1 is 1.24 bits per heavy atom. The van der Waals surface area contributed by atoms with Gasteiger partial charge in [0.1, 0.15) is 5.82 Å².